The third kappa shape index (κ3) is 2.03. The van der Waals surface area contributed by atoms with Crippen LogP contribution in [-0.2, 0) is 0 Å². The Labute approximate surface area is 129 Å². The van der Waals surface area contributed by atoms with Gasteiger partial charge in [-0.3, -0.25) is 4.57 Å². The average molecular weight is 353 g/mol. The average Bonchev–Trinajstić information content (AvgIpc) is 2.77. The number of hydrogen-bond acceptors (Lipinski definition) is 3. The van der Waals surface area contributed by atoms with E-state index in [1.807, 2.05) is 41.0 Å². The van der Waals surface area contributed by atoms with Gasteiger partial charge in [-0.05, 0) is 40.2 Å². The van der Waals surface area contributed by atoms with Crippen LogP contribution >= 0.6 is 27.5 Å². The maximum atomic E-state index is 6.27. The predicted octanol–water partition coefficient (Wildman–Crippen LogP) is 4.03. The van der Waals surface area contributed by atoms with Crippen LogP contribution in [0.3, 0.4) is 0 Å². The zero-order chi connectivity index (χ0) is 14.3. The van der Waals surface area contributed by atoms with Crippen LogP contribution in [0.25, 0.3) is 16.7 Å². The van der Waals surface area contributed by atoms with Gasteiger partial charge in [0.15, 0.2) is 0 Å². The van der Waals surface area contributed by atoms with E-state index in [0.29, 0.717) is 11.0 Å². The van der Waals surface area contributed by atoms with Gasteiger partial charge in [0.2, 0.25) is 5.95 Å². The summed E-state index contributed by atoms with van der Waals surface area (Å²) in [5, 5.41) is 0.605. The van der Waals surface area contributed by atoms with Gasteiger partial charge in [-0.15, -0.1) is 0 Å². The van der Waals surface area contributed by atoms with Crippen molar-refractivity contribution in [2.45, 2.75) is 0 Å². The van der Waals surface area contributed by atoms with Crippen molar-refractivity contribution in [2.24, 2.45) is 0 Å². The van der Waals surface area contributed by atoms with Gasteiger partial charge in [-0.2, -0.15) is 0 Å². The van der Waals surface area contributed by atoms with Crippen LogP contribution in [0.2, 0.25) is 5.02 Å². The molecule has 0 unspecified atom stereocenters. The minimum Gasteiger partial charge on any atom is -0.495 e. The number of fused-ring (bicyclic) bond motifs is 1. The van der Waals surface area contributed by atoms with Crippen LogP contribution in [0.5, 0.6) is 5.75 Å². The van der Waals surface area contributed by atoms with Crippen LogP contribution < -0.4 is 10.5 Å². The first kappa shape index (κ1) is 13.3. The molecule has 3 rings (SSSR count). The monoisotopic (exact) mass is 351 g/mol. The fraction of sp³-hybridized carbons (Fsp3) is 0.0714. The number of rotatable bonds is 2. The molecule has 2 N–H and O–H groups in total. The van der Waals surface area contributed by atoms with E-state index >= 15 is 0 Å². The summed E-state index contributed by atoms with van der Waals surface area (Å²) < 4.78 is 8.00. The third-order valence-electron chi connectivity index (χ3n) is 3.05. The first-order chi connectivity index (χ1) is 9.61. The van der Waals surface area contributed by atoms with Crippen molar-refractivity contribution in [3.05, 3.63) is 45.9 Å². The van der Waals surface area contributed by atoms with E-state index in [0.717, 1.165) is 26.9 Å². The molecule has 0 fully saturated rings. The lowest BCUT2D eigenvalue weighted by Gasteiger charge is -2.10. The van der Waals surface area contributed by atoms with Crippen molar-refractivity contribution in [2.75, 3.05) is 12.8 Å². The normalized spacial score (nSPS) is 10.9. The highest BCUT2D eigenvalue weighted by atomic mass is 79.9. The van der Waals surface area contributed by atoms with Gasteiger partial charge in [0, 0.05) is 6.07 Å². The lowest BCUT2D eigenvalue weighted by atomic mass is 10.2. The molecule has 0 amide bonds. The number of nitrogen functional groups attached to an aromatic ring is 1. The van der Waals surface area contributed by atoms with Crippen molar-refractivity contribution in [3.8, 4) is 11.4 Å². The van der Waals surface area contributed by atoms with E-state index in [1.54, 1.807) is 7.11 Å². The number of methoxy groups -OCH3 is 1. The number of benzene rings is 2. The van der Waals surface area contributed by atoms with Crippen molar-refractivity contribution >= 4 is 44.5 Å². The van der Waals surface area contributed by atoms with Crippen molar-refractivity contribution in [1.82, 2.24) is 9.55 Å². The number of hydrogen-bond donors (Lipinski definition) is 1. The summed E-state index contributed by atoms with van der Waals surface area (Å²) in [6.45, 7) is 0. The van der Waals surface area contributed by atoms with Crippen LogP contribution in [0.4, 0.5) is 5.95 Å². The van der Waals surface area contributed by atoms with Crippen LogP contribution in [0.15, 0.2) is 40.9 Å². The molecule has 1 aromatic heterocycles. The SMILES string of the molecule is COc1cc(-n2c(N)nc3cccc(Cl)c32)ccc1Br. The zero-order valence-corrected chi connectivity index (χ0v) is 12.9. The second-order valence-corrected chi connectivity index (χ2v) is 5.49. The highest BCUT2D eigenvalue weighted by Gasteiger charge is 2.14. The molecule has 0 bridgehead atoms. The van der Waals surface area contributed by atoms with Crippen LogP contribution in [0, 0.1) is 0 Å². The van der Waals surface area contributed by atoms with Crippen LogP contribution in [-0.4, -0.2) is 16.7 Å². The van der Waals surface area contributed by atoms with Gasteiger partial charge in [-0.25, -0.2) is 4.98 Å². The molecule has 20 heavy (non-hydrogen) atoms. The Hall–Kier alpha value is -1.72. The van der Waals surface area contributed by atoms with Gasteiger partial charge in [0.25, 0.3) is 0 Å². The van der Waals surface area contributed by atoms with E-state index in [9.17, 15) is 0 Å². The van der Waals surface area contributed by atoms with E-state index in [4.69, 9.17) is 22.1 Å². The largest absolute Gasteiger partial charge is 0.495 e. The second-order valence-electron chi connectivity index (χ2n) is 4.23. The number of halogens is 2. The highest BCUT2D eigenvalue weighted by Crippen LogP contribution is 2.32. The summed E-state index contributed by atoms with van der Waals surface area (Å²) in [7, 11) is 1.62. The number of aromatic nitrogens is 2. The molecule has 4 nitrogen and oxygen atoms in total. The Morgan fingerprint density at radius 1 is 1.30 bits per heavy atom. The summed E-state index contributed by atoms with van der Waals surface area (Å²) >= 11 is 9.70. The van der Waals surface area contributed by atoms with Crippen molar-refractivity contribution < 1.29 is 4.74 Å². The molecule has 2 aromatic carbocycles. The number of nitrogens with zero attached hydrogens (tertiary/aromatic N) is 2. The molecule has 0 aliphatic heterocycles. The smallest absolute Gasteiger partial charge is 0.205 e. The van der Waals surface area contributed by atoms with Crippen LogP contribution in [0.1, 0.15) is 0 Å². The molecular weight excluding hydrogens is 342 g/mol. The fourth-order valence-electron chi connectivity index (χ4n) is 2.15. The molecule has 0 spiro atoms. The molecule has 0 radical (unpaired) electrons. The van der Waals surface area contributed by atoms with Crippen molar-refractivity contribution in [1.29, 1.82) is 0 Å². The lowest BCUT2D eigenvalue weighted by Crippen LogP contribution is -2.01. The topological polar surface area (TPSA) is 53.1 Å². The van der Waals surface area contributed by atoms with Gasteiger partial charge in [0.05, 0.1) is 33.3 Å². The molecule has 0 aliphatic rings. The minimum atomic E-state index is 0.387. The van der Waals surface area contributed by atoms with Crippen molar-refractivity contribution in [3.63, 3.8) is 0 Å². The maximum Gasteiger partial charge on any atom is 0.205 e. The Balaban J connectivity index is 2.32. The Bertz CT molecular complexity index is 800. The second kappa shape index (κ2) is 5.00. The predicted molar refractivity (Wildman–Crippen MR) is 84.7 cm³/mol. The molecule has 102 valence electrons. The summed E-state index contributed by atoms with van der Waals surface area (Å²) in [6, 6.07) is 11.2. The Morgan fingerprint density at radius 3 is 2.85 bits per heavy atom. The molecule has 3 aromatic rings. The zero-order valence-electron chi connectivity index (χ0n) is 10.6. The van der Waals surface area contributed by atoms with Gasteiger partial charge in [0.1, 0.15) is 5.75 Å². The standard InChI is InChI=1S/C14H11BrClN3O/c1-20-12-7-8(5-6-9(12)15)19-13-10(16)3-2-4-11(13)18-14(19)17/h2-7H,1H3,(H2,17,18). The summed E-state index contributed by atoms with van der Waals surface area (Å²) in [6.07, 6.45) is 0. The molecule has 0 atom stereocenters. The lowest BCUT2D eigenvalue weighted by molar-refractivity contribution is 0.412. The number of para-hydroxylation sites is 1. The highest BCUT2D eigenvalue weighted by molar-refractivity contribution is 9.10. The fourth-order valence-corrected chi connectivity index (χ4v) is 2.81. The molecule has 0 aliphatic carbocycles. The van der Waals surface area contributed by atoms with Gasteiger partial charge in [-0.1, -0.05) is 17.7 Å². The first-order valence-corrected chi connectivity index (χ1v) is 7.05. The minimum absolute atomic E-state index is 0.387. The Morgan fingerprint density at radius 2 is 2.10 bits per heavy atom. The molecule has 6 heteroatoms. The van der Waals surface area contributed by atoms with E-state index in [1.165, 1.54) is 0 Å². The van der Waals surface area contributed by atoms with Gasteiger partial charge >= 0.3 is 0 Å². The van der Waals surface area contributed by atoms with E-state index in [2.05, 4.69) is 20.9 Å². The quantitative estimate of drug-likeness (QED) is 0.757. The number of nitrogens with two attached hydrogens (primary N) is 1. The summed E-state index contributed by atoms with van der Waals surface area (Å²) in [4.78, 5) is 4.33. The van der Waals surface area contributed by atoms with E-state index in [-0.39, 0.29) is 0 Å². The maximum absolute atomic E-state index is 6.27. The third-order valence-corrected chi connectivity index (χ3v) is 4.01. The first-order valence-electron chi connectivity index (χ1n) is 5.88. The van der Waals surface area contributed by atoms with Gasteiger partial charge < -0.3 is 10.5 Å². The molecule has 1 heterocycles. The summed E-state index contributed by atoms with van der Waals surface area (Å²) in [5.41, 5.74) is 8.42. The number of anilines is 1. The number of imidazole rings is 1. The molecule has 0 saturated heterocycles. The number of ether oxygens (including phenoxy) is 1. The molecular formula is C14H11BrClN3O. The summed E-state index contributed by atoms with van der Waals surface area (Å²) in [5.74, 6) is 1.10. The Kier molecular flexibility index (Phi) is 3.31. The molecule has 0 saturated carbocycles. The van der Waals surface area contributed by atoms with E-state index < -0.39 is 0 Å².